The predicted octanol–water partition coefficient (Wildman–Crippen LogP) is 3.18. The zero-order valence-electron chi connectivity index (χ0n) is 13.6. The molecule has 3 aliphatic rings. The molecule has 1 atom stereocenters. The molecule has 1 unspecified atom stereocenters. The summed E-state index contributed by atoms with van der Waals surface area (Å²) < 4.78 is 42.9. The second-order valence-electron chi connectivity index (χ2n) is 6.66. The average molecular weight is 445 g/mol. The fraction of sp³-hybridized carbons (Fsp3) is 0.625. The first-order valence-electron chi connectivity index (χ1n) is 8.25. The Morgan fingerprint density at radius 3 is 2.38 bits per heavy atom. The van der Waals surface area contributed by atoms with E-state index in [1.807, 2.05) is 0 Å². The van der Waals surface area contributed by atoms with E-state index in [1.165, 1.54) is 0 Å². The van der Waals surface area contributed by atoms with Gasteiger partial charge in [0, 0.05) is 6.04 Å². The Morgan fingerprint density at radius 2 is 1.85 bits per heavy atom. The number of ether oxygens (including phenoxy) is 1. The summed E-state index contributed by atoms with van der Waals surface area (Å²) in [7, 11) is -2.94. The van der Waals surface area contributed by atoms with Gasteiger partial charge in [-0.1, -0.05) is 11.6 Å². The number of rotatable bonds is 4. The zero-order chi connectivity index (χ0) is 19.1. The van der Waals surface area contributed by atoms with Gasteiger partial charge in [0.2, 0.25) is 10.3 Å². The molecular formula is C16H17Cl3FNO4S. The molecular weight excluding hydrogens is 428 g/mol. The topological polar surface area (TPSA) is 72.5 Å². The van der Waals surface area contributed by atoms with Crippen molar-refractivity contribution >= 4 is 55.9 Å². The van der Waals surface area contributed by atoms with Crippen LogP contribution in [0.3, 0.4) is 0 Å². The van der Waals surface area contributed by atoms with Crippen molar-refractivity contribution in [1.29, 1.82) is 0 Å². The van der Waals surface area contributed by atoms with Crippen molar-refractivity contribution in [2.24, 2.45) is 0 Å². The minimum Gasteiger partial charge on any atom is -0.487 e. The normalized spacial score (nSPS) is 26.4. The molecule has 0 spiro atoms. The summed E-state index contributed by atoms with van der Waals surface area (Å²) in [5.41, 5.74) is -0.336. The molecule has 144 valence electrons. The summed E-state index contributed by atoms with van der Waals surface area (Å²) in [6, 6.07) is 0.00538. The van der Waals surface area contributed by atoms with Gasteiger partial charge in [0.25, 0.3) is 5.91 Å². The van der Waals surface area contributed by atoms with Gasteiger partial charge in [-0.15, -0.1) is 23.2 Å². The van der Waals surface area contributed by atoms with Gasteiger partial charge in [-0.2, -0.15) is 8.42 Å². The number of carbonyl (C=O) groups excluding carboxylic acids is 1. The molecule has 2 fully saturated rings. The van der Waals surface area contributed by atoms with Gasteiger partial charge >= 0.3 is 0 Å². The maximum absolute atomic E-state index is 14.8. The Kier molecular flexibility index (Phi) is 5.92. The first-order valence-corrected chi connectivity index (χ1v) is 10.5. The minimum absolute atomic E-state index is 0.00538. The third-order valence-electron chi connectivity index (χ3n) is 4.53. The van der Waals surface area contributed by atoms with Crippen molar-refractivity contribution in [1.82, 2.24) is 5.32 Å². The SMILES string of the molecule is O=C(NC1CC1)C1=CC(Cl)=C(OC2CCC(Cl)(Cl)CC2)C(=S(=O)=O)C1F. The summed E-state index contributed by atoms with van der Waals surface area (Å²) in [4.78, 5) is 11.5. The Labute approximate surface area is 167 Å². The van der Waals surface area contributed by atoms with E-state index in [9.17, 15) is 17.6 Å². The van der Waals surface area contributed by atoms with Gasteiger partial charge in [0.1, 0.15) is 4.33 Å². The lowest BCUT2D eigenvalue weighted by Crippen LogP contribution is -2.38. The van der Waals surface area contributed by atoms with E-state index in [-0.39, 0.29) is 28.5 Å². The van der Waals surface area contributed by atoms with Crippen LogP contribution >= 0.6 is 34.8 Å². The van der Waals surface area contributed by atoms with Crippen LogP contribution in [-0.2, 0) is 19.8 Å². The molecule has 0 aromatic carbocycles. The van der Waals surface area contributed by atoms with Crippen molar-refractivity contribution < 1.29 is 22.3 Å². The van der Waals surface area contributed by atoms with Gasteiger partial charge < -0.3 is 10.1 Å². The van der Waals surface area contributed by atoms with Gasteiger partial charge in [-0.3, -0.25) is 4.79 Å². The Bertz CT molecular complexity index is 799. The number of halogens is 4. The highest BCUT2D eigenvalue weighted by Gasteiger charge is 2.39. The number of amides is 1. The molecule has 5 nitrogen and oxygen atoms in total. The Balaban J connectivity index is 1.85. The highest BCUT2D eigenvalue weighted by atomic mass is 35.5. The number of allylic oxidation sites excluding steroid dienone is 3. The van der Waals surface area contributed by atoms with Gasteiger partial charge in [-0.05, 0) is 44.6 Å². The largest absolute Gasteiger partial charge is 0.487 e. The Hall–Kier alpha value is -0.760. The first kappa shape index (κ1) is 20.0. The standard InChI is InChI=1S/C16H17Cl3FNO4S/c17-11-7-10(15(22)21-8-1-2-8)12(20)14(26(23)24)13(11)25-9-3-5-16(18,19)6-4-9/h7-9,12H,1-6H2,(H,21,22). The molecule has 0 radical (unpaired) electrons. The molecule has 0 aliphatic heterocycles. The summed E-state index contributed by atoms with van der Waals surface area (Å²) in [6.45, 7) is 0. The monoisotopic (exact) mass is 443 g/mol. The van der Waals surface area contributed by atoms with Gasteiger partial charge in [0.05, 0.1) is 16.7 Å². The minimum atomic E-state index is -2.94. The Morgan fingerprint density at radius 1 is 1.23 bits per heavy atom. The average Bonchev–Trinajstić information content (AvgIpc) is 3.36. The van der Waals surface area contributed by atoms with Crippen molar-refractivity contribution in [3.8, 4) is 0 Å². The highest BCUT2D eigenvalue weighted by Crippen LogP contribution is 2.40. The third-order valence-corrected chi connectivity index (χ3v) is 6.32. The zero-order valence-corrected chi connectivity index (χ0v) is 16.7. The van der Waals surface area contributed by atoms with Crippen molar-refractivity contribution in [2.45, 2.75) is 61.2 Å². The summed E-state index contributed by atoms with van der Waals surface area (Å²) in [6.07, 6.45) is 2.15. The maximum Gasteiger partial charge on any atom is 0.250 e. The van der Waals surface area contributed by atoms with E-state index >= 15 is 0 Å². The van der Waals surface area contributed by atoms with Crippen LogP contribution in [0.5, 0.6) is 0 Å². The van der Waals surface area contributed by atoms with E-state index in [2.05, 4.69) is 5.32 Å². The van der Waals surface area contributed by atoms with Crippen molar-refractivity contribution in [3.05, 3.63) is 22.4 Å². The van der Waals surface area contributed by atoms with E-state index in [1.54, 1.807) is 0 Å². The lowest BCUT2D eigenvalue weighted by atomic mass is 9.96. The predicted molar refractivity (Wildman–Crippen MR) is 98.7 cm³/mol. The van der Waals surface area contributed by atoms with Crippen LogP contribution in [0, 0.1) is 0 Å². The molecule has 0 saturated heterocycles. The van der Waals surface area contributed by atoms with E-state index in [0.29, 0.717) is 25.7 Å². The lowest BCUT2D eigenvalue weighted by Gasteiger charge is -2.32. The molecule has 0 heterocycles. The van der Waals surface area contributed by atoms with Crippen LogP contribution in [0.4, 0.5) is 4.39 Å². The number of hydrogen-bond donors (Lipinski definition) is 1. The van der Waals surface area contributed by atoms with Crippen molar-refractivity contribution in [3.63, 3.8) is 0 Å². The molecule has 2 saturated carbocycles. The molecule has 0 aromatic rings. The van der Waals surface area contributed by atoms with Crippen LogP contribution in [0.15, 0.2) is 22.4 Å². The smallest absolute Gasteiger partial charge is 0.250 e. The molecule has 10 heteroatoms. The molecule has 0 aromatic heterocycles. The number of hydrogen-bond acceptors (Lipinski definition) is 4. The summed E-state index contributed by atoms with van der Waals surface area (Å²) >= 11 is 18.3. The fourth-order valence-electron chi connectivity index (χ4n) is 2.90. The first-order chi connectivity index (χ1) is 12.2. The van der Waals surface area contributed by atoms with Crippen LogP contribution < -0.4 is 5.32 Å². The molecule has 3 aliphatic carbocycles. The van der Waals surface area contributed by atoms with Crippen LogP contribution in [0.2, 0.25) is 0 Å². The quantitative estimate of drug-likeness (QED) is 0.534. The molecule has 1 N–H and O–H groups in total. The van der Waals surface area contributed by atoms with E-state index in [4.69, 9.17) is 39.5 Å². The summed E-state index contributed by atoms with van der Waals surface area (Å²) in [5, 5.41) is 2.51. The van der Waals surface area contributed by atoms with Crippen LogP contribution in [-0.4, -0.2) is 41.8 Å². The molecule has 26 heavy (non-hydrogen) atoms. The second-order valence-corrected chi connectivity index (χ2v) is 9.62. The highest BCUT2D eigenvalue weighted by molar-refractivity contribution is 7.73. The van der Waals surface area contributed by atoms with E-state index < -0.39 is 31.6 Å². The second kappa shape index (κ2) is 7.70. The van der Waals surface area contributed by atoms with Gasteiger partial charge in [-0.25, -0.2) is 4.39 Å². The number of carbonyl (C=O) groups is 1. The molecule has 3 rings (SSSR count). The van der Waals surface area contributed by atoms with Gasteiger partial charge in [0.15, 0.2) is 16.8 Å². The van der Waals surface area contributed by atoms with E-state index in [0.717, 1.165) is 18.9 Å². The maximum atomic E-state index is 14.8. The van der Waals surface area contributed by atoms with Crippen LogP contribution in [0.1, 0.15) is 38.5 Å². The molecule has 1 amide bonds. The lowest BCUT2D eigenvalue weighted by molar-refractivity contribution is -0.118. The van der Waals surface area contributed by atoms with Crippen molar-refractivity contribution in [2.75, 3.05) is 0 Å². The number of nitrogens with one attached hydrogen (secondary N) is 1. The fourth-order valence-corrected chi connectivity index (χ4v) is 4.26. The number of alkyl halides is 3. The summed E-state index contributed by atoms with van der Waals surface area (Å²) in [5.74, 6) is -0.913. The molecule has 0 bridgehead atoms. The van der Waals surface area contributed by atoms with Crippen LogP contribution in [0.25, 0.3) is 0 Å². The third kappa shape index (κ3) is 4.55.